The Labute approximate surface area is 154 Å². The van der Waals surface area contributed by atoms with Gasteiger partial charge in [-0.1, -0.05) is 47.6 Å². The summed E-state index contributed by atoms with van der Waals surface area (Å²) >= 11 is 3.85. The fraction of sp³-hybridized carbons (Fsp3) is 0.455. The molecule has 0 saturated carbocycles. The van der Waals surface area contributed by atoms with E-state index in [1.807, 2.05) is 0 Å². The molecule has 1 aromatic heterocycles. The molecule has 24 heavy (non-hydrogen) atoms. The Kier molecular flexibility index (Phi) is 4.11. The molecule has 2 heteroatoms. The zero-order valence-corrected chi connectivity index (χ0v) is 17.5. The maximum atomic E-state index is 3.85. The summed E-state index contributed by atoms with van der Waals surface area (Å²) in [5, 5.41) is 2.73. The summed E-state index contributed by atoms with van der Waals surface area (Å²) in [5.41, 5.74) is 5.70. The topological polar surface area (TPSA) is 4.93 Å². The van der Waals surface area contributed by atoms with Crippen molar-refractivity contribution in [3.8, 4) is 0 Å². The summed E-state index contributed by atoms with van der Waals surface area (Å²) in [6, 6.07) is 11.6. The molecular weight excluding hydrogens is 358 g/mol. The number of aromatic nitrogens is 1. The number of halogens is 1. The van der Waals surface area contributed by atoms with E-state index in [0.717, 1.165) is 6.54 Å². The molecule has 0 N–H and O–H groups in total. The molecule has 0 amide bonds. The molecule has 0 unspecified atom stereocenters. The molecule has 1 nitrogen and oxygen atoms in total. The van der Waals surface area contributed by atoms with E-state index >= 15 is 0 Å². The van der Waals surface area contributed by atoms with Crippen molar-refractivity contribution in [2.45, 2.75) is 65.8 Å². The summed E-state index contributed by atoms with van der Waals surface area (Å²) in [6.45, 7) is 16.9. The van der Waals surface area contributed by atoms with Crippen molar-refractivity contribution in [1.29, 1.82) is 0 Å². The molecule has 0 spiro atoms. The van der Waals surface area contributed by atoms with Gasteiger partial charge in [0.15, 0.2) is 0 Å². The van der Waals surface area contributed by atoms with Crippen LogP contribution in [-0.4, -0.2) is 4.57 Å². The predicted molar refractivity (Wildman–Crippen MR) is 110 cm³/mol. The van der Waals surface area contributed by atoms with Gasteiger partial charge in [0.25, 0.3) is 0 Å². The van der Waals surface area contributed by atoms with E-state index in [4.69, 9.17) is 0 Å². The van der Waals surface area contributed by atoms with E-state index in [1.54, 1.807) is 0 Å². The molecule has 3 rings (SSSR count). The van der Waals surface area contributed by atoms with Gasteiger partial charge in [-0.15, -0.1) is 0 Å². The Bertz CT molecular complexity index is 917. The lowest BCUT2D eigenvalue weighted by molar-refractivity contribution is 0.590. The van der Waals surface area contributed by atoms with Gasteiger partial charge in [-0.2, -0.15) is 0 Å². The maximum absolute atomic E-state index is 3.85. The van der Waals surface area contributed by atoms with Crippen LogP contribution in [0, 0.1) is 0 Å². The van der Waals surface area contributed by atoms with Crippen LogP contribution in [0.2, 0.25) is 0 Å². The lowest BCUT2D eigenvalue weighted by Crippen LogP contribution is -2.11. The second-order valence-corrected chi connectivity index (χ2v) is 9.68. The molecule has 1 heterocycles. The minimum absolute atomic E-state index is 0.138. The van der Waals surface area contributed by atoms with Crippen LogP contribution in [0.25, 0.3) is 21.8 Å². The second kappa shape index (κ2) is 5.62. The van der Waals surface area contributed by atoms with Crippen LogP contribution in [0.1, 0.15) is 59.6 Å². The Morgan fingerprint density at radius 3 is 1.96 bits per heavy atom. The normalized spacial score (nSPS) is 13.2. The van der Waals surface area contributed by atoms with Crippen LogP contribution >= 0.6 is 15.9 Å². The zero-order chi connectivity index (χ0) is 17.9. The summed E-state index contributed by atoms with van der Waals surface area (Å²) in [5.74, 6) is 0. The quantitative estimate of drug-likeness (QED) is 0.418. The number of hydrogen-bond acceptors (Lipinski definition) is 0. The van der Waals surface area contributed by atoms with Crippen molar-refractivity contribution in [2.75, 3.05) is 0 Å². The van der Waals surface area contributed by atoms with E-state index < -0.39 is 0 Å². The lowest BCUT2D eigenvalue weighted by atomic mass is 9.85. The Balaban J connectivity index is 2.47. The van der Waals surface area contributed by atoms with Gasteiger partial charge in [0.2, 0.25) is 0 Å². The number of nitrogens with zero attached hydrogens (tertiary/aromatic N) is 1. The van der Waals surface area contributed by atoms with Crippen molar-refractivity contribution >= 4 is 37.7 Å². The van der Waals surface area contributed by atoms with Gasteiger partial charge in [-0.05, 0) is 69.1 Å². The first-order chi connectivity index (χ1) is 11.0. The third-order valence-electron chi connectivity index (χ3n) is 4.96. The fourth-order valence-electron chi connectivity index (χ4n) is 3.41. The van der Waals surface area contributed by atoms with Crippen LogP contribution in [0.5, 0.6) is 0 Å². The van der Waals surface area contributed by atoms with Gasteiger partial charge >= 0.3 is 0 Å². The van der Waals surface area contributed by atoms with Crippen LogP contribution in [0.4, 0.5) is 0 Å². The van der Waals surface area contributed by atoms with Gasteiger partial charge in [-0.3, -0.25) is 0 Å². The SMILES string of the molecule is CCn1c2ccc(C(C)(C)C)cc2c2cc(C(C)(C)C)cc(Br)c21. The maximum Gasteiger partial charge on any atom is 0.0635 e. The number of benzene rings is 2. The third kappa shape index (κ3) is 2.79. The standard InChI is InChI=1S/C22H28BrN/c1-8-24-19-10-9-14(21(2,3)4)11-16(19)17-12-15(22(5,6)7)13-18(23)20(17)24/h9-13H,8H2,1-7H3. The van der Waals surface area contributed by atoms with Gasteiger partial charge in [0, 0.05) is 27.3 Å². The molecule has 128 valence electrons. The molecule has 0 radical (unpaired) electrons. The van der Waals surface area contributed by atoms with Crippen molar-refractivity contribution in [3.05, 3.63) is 45.9 Å². The molecule has 0 aliphatic heterocycles. The average Bonchev–Trinajstić information content (AvgIpc) is 2.79. The van der Waals surface area contributed by atoms with E-state index in [2.05, 4.69) is 99.3 Å². The molecule has 0 saturated heterocycles. The minimum atomic E-state index is 0.138. The molecule has 0 fully saturated rings. The molecular formula is C22H28BrN. The highest BCUT2D eigenvalue weighted by molar-refractivity contribution is 9.10. The highest BCUT2D eigenvalue weighted by atomic mass is 79.9. The summed E-state index contributed by atoms with van der Waals surface area (Å²) in [7, 11) is 0. The summed E-state index contributed by atoms with van der Waals surface area (Å²) < 4.78 is 3.62. The van der Waals surface area contributed by atoms with E-state index in [9.17, 15) is 0 Å². The first-order valence-corrected chi connectivity index (χ1v) is 9.60. The van der Waals surface area contributed by atoms with E-state index in [1.165, 1.54) is 37.4 Å². The minimum Gasteiger partial charge on any atom is -0.340 e. The van der Waals surface area contributed by atoms with Crippen molar-refractivity contribution in [1.82, 2.24) is 4.57 Å². The lowest BCUT2D eigenvalue weighted by Gasteiger charge is -2.20. The largest absolute Gasteiger partial charge is 0.340 e. The zero-order valence-electron chi connectivity index (χ0n) is 15.9. The predicted octanol–water partition coefficient (Wildman–Crippen LogP) is 7.17. The van der Waals surface area contributed by atoms with Gasteiger partial charge in [0.1, 0.15) is 0 Å². The summed E-state index contributed by atoms with van der Waals surface area (Å²) in [4.78, 5) is 0. The van der Waals surface area contributed by atoms with Crippen LogP contribution < -0.4 is 0 Å². The first-order valence-electron chi connectivity index (χ1n) is 8.80. The smallest absolute Gasteiger partial charge is 0.0635 e. The number of fused-ring (bicyclic) bond motifs is 3. The number of hydrogen-bond donors (Lipinski definition) is 0. The van der Waals surface area contributed by atoms with Crippen LogP contribution in [0.15, 0.2) is 34.8 Å². The molecule has 0 aliphatic carbocycles. The monoisotopic (exact) mass is 385 g/mol. The molecule has 0 aliphatic rings. The van der Waals surface area contributed by atoms with Gasteiger partial charge in [-0.25, -0.2) is 0 Å². The second-order valence-electron chi connectivity index (χ2n) is 8.83. The molecule has 2 aromatic carbocycles. The average molecular weight is 386 g/mol. The Morgan fingerprint density at radius 2 is 1.42 bits per heavy atom. The third-order valence-corrected chi connectivity index (χ3v) is 5.56. The van der Waals surface area contributed by atoms with E-state index in [-0.39, 0.29) is 10.8 Å². The molecule has 0 atom stereocenters. The fourth-order valence-corrected chi connectivity index (χ4v) is 4.09. The summed E-state index contributed by atoms with van der Waals surface area (Å²) in [6.07, 6.45) is 0. The highest BCUT2D eigenvalue weighted by Crippen LogP contribution is 2.39. The van der Waals surface area contributed by atoms with Crippen LogP contribution in [0.3, 0.4) is 0 Å². The highest BCUT2D eigenvalue weighted by Gasteiger charge is 2.21. The number of rotatable bonds is 1. The Hall–Kier alpha value is -1.28. The van der Waals surface area contributed by atoms with Gasteiger partial charge in [0.05, 0.1) is 5.52 Å². The van der Waals surface area contributed by atoms with Crippen molar-refractivity contribution < 1.29 is 0 Å². The van der Waals surface area contributed by atoms with Crippen LogP contribution in [-0.2, 0) is 17.4 Å². The van der Waals surface area contributed by atoms with Crippen molar-refractivity contribution in [2.24, 2.45) is 0 Å². The van der Waals surface area contributed by atoms with Gasteiger partial charge < -0.3 is 4.57 Å². The first kappa shape index (κ1) is 17.5. The molecule has 3 aromatic rings. The Morgan fingerprint density at radius 1 is 0.833 bits per heavy atom. The molecule has 0 bridgehead atoms. The number of aryl methyl sites for hydroxylation is 1. The van der Waals surface area contributed by atoms with Crippen molar-refractivity contribution in [3.63, 3.8) is 0 Å². The van der Waals surface area contributed by atoms with E-state index in [0.29, 0.717) is 0 Å².